The van der Waals surface area contributed by atoms with E-state index in [-0.39, 0.29) is 5.75 Å². The zero-order chi connectivity index (χ0) is 12.2. The monoisotopic (exact) mass is 246 g/mol. The summed E-state index contributed by atoms with van der Waals surface area (Å²) < 4.78 is 23.5. The first-order valence-corrected chi connectivity index (χ1v) is 7.22. The minimum Gasteiger partial charge on any atom is -0.308 e. The first-order chi connectivity index (χ1) is 7.37. The van der Waals surface area contributed by atoms with Crippen LogP contribution in [0.5, 0.6) is 0 Å². The summed E-state index contributed by atoms with van der Waals surface area (Å²) in [5, 5.41) is 7.35. The predicted molar refractivity (Wildman–Crippen MR) is 61.7 cm³/mol. The van der Waals surface area contributed by atoms with E-state index in [1.54, 1.807) is 11.0 Å². The summed E-state index contributed by atoms with van der Waals surface area (Å²) in [5.74, 6) is 0.773. The summed E-state index contributed by atoms with van der Waals surface area (Å²) in [6.07, 6.45) is 2.77. The first kappa shape index (κ1) is 13.1. The molecule has 1 rings (SSSR count). The molecule has 0 atom stereocenters. The molecule has 0 aliphatic carbocycles. The standard InChI is InChI=1S/C9H18N4O2S/c1-8(2)10-6-9-11-7-13(12-9)4-5-16(3,14)15/h7-8,10H,4-6H2,1-3H3. The Kier molecular flexibility index (Phi) is 4.43. The molecule has 0 saturated heterocycles. The molecule has 92 valence electrons. The van der Waals surface area contributed by atoms with Crippen LogP contribution < -0.4 is 5.32 Å². The number of sulfone groups is 1. The van der Waals surface area contributed by atoms with Gasteiger partial charge in [0.15, 0.2) is 5.82 Å². The summed E-state index contributed by atoms with van der Waals surface area (Å²) in [4.78, 5) is 4.08. The van der Waals surface area contributed by atoms with E-state index in [4.69, 9.17) is 0 Å². The molecule has 0 spiro atoms. The van der Waals surface area contributed by atoms with Crippen LogP contribution in [0.15, 0.2) is 6.33 Å². The van der Waals surface area contributed by atoms with Crippen LogP contribution in [0.1, 0.15) is 19.7 Å². The van der Waals surface area contributed by atoms with Crippen molar-refractivity contribution in [3.8, 4) is 0 Å². The minimum absolute atomic E-state index is 0.0907. The maximum Gasteiger partial charge on any atom is 0.164 e. The first-order valence-electron chi connectivity index (χ1n) is 5.16. The Hall–Kier alpha value is -0.950. The molecule has 0 aromatic carbocycles. The molecule has 0 aliphatic heterocycles. The topological polar surface area (TPSA) is 76.9 Å². The lowest BCUT2D eigenvalue weighted by Gasteiger charge is -2.04. The molecule has 16 heavy (non-hydrogen) atoms. The fourth-order valence-corrected chi connectivity index (χ4v) is 1.60. The Morgan fingerprint density at radius 2 is 2.19 bits per heavy atom. The average molecular weight is 246 g/mol. The fraction of sp³-hybridized carbons (Fsp3) is 0.778. The van der Waals surface area contributed by atoms with Crippen LogP contribution in [-0.4, -0.2) is 41.2 Å². The Balaban J connectivity index is 2.45. The van der Waals surface area contributed by atoms with Gasteiger partial charge in [-0.2, -0.15) is 5.10 Å². The molecule has 0 unspecified atom stereocenters. The number of rotatable bonds is 6. The highest BCUT2D eigenvalue weighted by Gasteiger charge is 2.05. The third-order valence-corrected chi connectivity index (χ3v) is 2.87. The Labute approximate surface area is 96.0 Å². The van der Waals surface area contributed by atoms with Crippen molar-refractivity contribution in [2.45, 2.75) is 33.0 Å². The zero-order valence-electron chi connectivity index (χ0n) is 9.84. The van der Waals surface area contributed by atoms with Crippen molar-refractivity contribution in [3.05, 3.63) is 12.2 Å². The molecule has 1 heterocycles. The number of hydrogen-bond acceptors (Lipinski definition) is 5. The smallest absolute Gasteiger partial charge is 0.164 e. The maximum atomic E-state index is 11.0. The van der Waals surface area contributed by atoms with Gasteiger partial charge in [-0.1, -0.05) is 13.8 Å². The largest absolute Gasteiger partial charge is 0.308 e. The summed E-state index contributed by atoms with van der Waals surface area (Å²) in [7, 11) is -2.94. The highest BCUT2D eigenvalue weighted by Crippen LogP contribution is 1.93. The quantitative estimate of drug-likeness (QED) is 0.753. The molecule has 0 saturated carbocycles. The molecule has 0 aliphatic rings. The van der Waals surface area contributed by atoms with E-state index in [2.05, 4.69) is 15.4 Å². The Morgan fingerprint density at radius 1 is 1.50 bits per heavy atom. The van der Waals surface area contributed by atoms with E-state index in [0.717, 1.165) is 0 Å². The Bertz CT molecular complexity index is 424. The summed E-state index contributed by atoms with van der Waals surface area (Å²) in [6.45, 7) is 5.04. The zero-order valence-corrected chi connectivity index (χ0v) is 10.7. The van der Waals surface area contributed by atoms with Gasteiger partial charge in [-0.3, -0.25) is 4.68 Å². The van der Waals surface area contributed by atoms with Gasteiger partial charge in [-0.05, 0) is 0 Å². The molecule has 0 radical (unpaired) electrons. The number of hydrogen-bond donors (Lipinski definition) is 1. The summed E-state index contributed by atoms with van der Waals surface area (Å²) in [6, 6.07) is 0.378. The fourth-order valence-electron chi connectivity index (χ4n) is 1.08. The molecule has 7 heteroatoms. The number of nitrogens with zero attached hydrogens (tertiary/aromatic N) is 3. The van der Waals surface area contributed by atoms with Crippen LogP contribution in [-0.2, 0) is 22.9 Å². The minimum atomic E-state index is -2.94. The average Bonchev–Trinajstić information content (AvgIpc) is 2.58. The van der Waals surface area contributed by atoms with Crippen LogP contribution >= 0.6 is 0 Å². The van der Waals surface area contributed by atoms with Gasteiger partial charge in [0.1, 0.15) is 16.2 Å². The predicted octanol–water partition coefficient (Wildman–Crippen LogP) is -0.179. The molecule has 1 aromatic rings. The SMILES string of the molecule is CC(C)NCc1ncn(CCS(C)(=O)=O)n1. The molecule has 6 nitrogen and oxygen atoms in total. The molecule has 0 bridgehead atoms. The number of aromatic nitrogens is 3. The van der Waals surface area contributed by atoms with Crippen molar-refractivity contribution in [3.63, 3.8) is 0 Å². The van der Waals surface area contributed by atoms with Crippen molar-refractivity contribution in [2.75, 3.05) is 12.0 Å². The van der Waals surface area contributed by atoms with Gasteiger partial charge in [0.2, 0.25) is 0 Å². The van der Waals surface area contributed by atoms with Crippen LogP contribution in [0, 0.1) is 0 Å². The van der Waals surface area contributed by atoms with E-state index in [0.29, 0.717) is 25.0 Å². The molecule has 1 aromatic heterocycles. The van der Waals surface area contributed by atoms with Crippen LogP contribution in [0.4, 0.5) is 0 Å². The normalized spacial score (nSPS) is 12.2. The van der Waals surface area contributed by atoms with Crippen molar-refractivity contribution < 1.29 is 8.42 Å². The van der Waals surface area contributed by atoms with E-state index >= 15 is 0 Å². The second-order valence-electron chi connectivity index (χ2n) is 4.09. The Morgan fingerprint density at radius 3 is 2.75 bits per heavy atom. The van der Waals surface area contributed by atoms with Gasteiger partial charge in [0.05, 0.1) is 18.8 Å². The van der Waals surface area contributed by atoms with E-state index in [1.807, 2.05) is 13.8 Å². The van der Waals surface area contributed by atoms with E-state index in [9.17, 15) is 8.42 Å². The summed E-state index contributed by atoms with van der Waals surface area (Å²) in [5.41, 5.74) is 0. The van der Waals surface area contributed by atoms with Crippen molar-refractivity contribution in [1.82, 2.24) is 20.1 Å². The second kappa shape index (κ2) is 5.40. The van der Waals surface area contributed by atoms with Crippen LogP contribution in [0.3, 0.4) is 0 Å². The van der Waals surface area contributed by atoms with Crippen molar-refractivity contribution >= 4 is 9.84 Å². The van der Waals surface area contributed by atoms with Crippen LogP contribution in [0.25, 0.3) is 0 Å². The molecule has 0 amide bonds. The lowest BCUT2D eigenvalue weighted by molar-refractivity contribution is 0.559. The van der Waals surface area contributed by atoms with Crippen molar-refractivity contribution in [1.29, 1.82) is 0 Å². The molecule has 0 fully saturated rings. The second-order valence-corrected chi connectivity index (χ2v) is 6.35. The van der Waals surface area contributed by atoms with Gasteiger partial charge >= 0.3 is 0 Å². The van der Waals surface area contributed by atoms with Gasteiger partial charge in [-0.15, -0.1) is 0 Å². The highest BCUT2D eigenvalue weighted by molar-refractivity contribution is 7.90. The summed E-state index contributed by atoms with van der Waals surface area (Å²) >= 11 is 0. The van der Waals surface area contributed by atoms with Gasteiger partial charge in [0.25, 0.3) is 0 Å². The van der Waals surface area contributed by atoms with Gasteiger partial charge in [0, 0.05) is 12.3 Å². The maximum absolute atomic E-state index is 11.0. The van der Waals surface area contributed by atoms with Gasteiger partial charge in [-0.25, -0.2) is 13.4 Å². The van der Waals surface area contributed by atoms with Crippen molar-refractivity contribution in [2.24, 2.45) is 0 Å². The molecule has 1 N–H and O–H groups in total. The van der Waals surface area contributed by atoms with Gasteiger partial charge < -0.3 is 5.32 Å². The number of nitrogens with one attached hydrogen (secondary N) is 1. The third kappa shape index (κ3) is 5.22. The van der Waals surface area contributed by atoms with Crippen LogP contribution in [0.2, 0.25) is 0 Å². The lowest BCUT2D eigenvalue weighted by atomic mass is 10.4. The molecular formula is C9H18N4O2S. The molecular weight excluding hydrogens is 228 g/mol. The van der Waals surface area contributed by atoms with E-state index < -0.39 is 9.84 Å². The van der Waals surface area contributed by atoms with E-state index in [1.165, 1.54) is 6.26 Å². The highest BCUT2D eigenvalue weighted by atomic mass is 32.2. The number of aryl methyl sites for hydroxylation is 1. The third-order valence-electron chi connectivity index (χ3n) is 1.94. The lowest BCUT2D eigenvalue weighted by Crippen LogP contribution is -2.22.